The van der Waals surface area contributed by atoms with Crippen LogP contribution in [0.2, 0.25) is 0 Å². The van der Waals surface area contributed by atoms with E-state index in [-0.39, 0.29) is 5.91 Å². The third-order valence-corrected chi connectivity index (χ3v) is 1.71. The fourth-order valence-corrected chi connectivity index (χ4v) is 0.991. The lowest BCUT2D eigenvalue weighted by atomic mass is 10.2. The molecule has 4 radical (unpaired) electrons. The summed E-state index contributed by atoms with van der Waals surface area (Å²) in [6.45, 7) is 13.8. The molecule has 2 nitrogen and oxygen atoms in total. The summed E-state index contributed by atoms with van der Waals surface area (Å²) in [6, 6.07) is 0. The van der Waals surface area contributed by atoms with Crippen LogP contribution in [0, 0.1) is 13.8 Å². The van der Waals surface area contributed by atoms with Crippen molar-refractivity contribution in [3.05, 3.63) is 13.8 Å². The standard InChI is InChI=1S/C10H17NO/c1-4-6-8-11(10(3)12)9-7-5-2/h1-2H,4-9H2,3H3. The molecule has 68 valence electrons. The number of carbonyl (C=O) groups excluding carboxylic acids is 1. The first-order valence-corrected chi connectivity index (χ1v) is 4.38. The second-order valence-corrected chi connectivity index (χ2v) is 2.79. The molecule has 0 aromatic rings. The summed E-state index contributed by atoms with van der Waals surface area (Å²) in [5.74, 6) is 0.108. The largest absolute Gasteiger partial charge is 0.343 e. The van der Waals surface area contributed by atoms with E-state index in [9.17, 15) is 4.79 Å². The maximum absolute atomic E-state index is 11.0. The van der Waals surface area contributed by atoms with Gasteiger partial charge in [0.2, 0.25) is 5.91 Å². The Kier molecular flexibility index (Phi) is 6.82. The quantitative estimate of drug-likeness (QED) is 0.591. The lowest BCUT2D eigenvalue weighted by Crippen LogP contribution is -2.30. The van der Waals surface area contributed by atoms with Crippen LogP contribution >= 0.6 is 0 Å². The van der Waals surface area contributed by atoms with E-state index in [4.69, 9.17) is 13.8 Å². The van der Waals surface area contributed by atoms with Crippen molar-refractivity contribution in [3.63, 3.8) is 0 Å². The molecule has 1 amide bonds. The highest BCUT2D eigenvalue weighted by atomic mass is 16.2. The van der Waals surface area contributed by atoms with Crippen molar-refractivity contribution in [1.29, 1.82) is 0 Å². The van der Waals surface area contributed by atoms with Gasteiger partial charge in [0.15, 0.2) is 0 Å². The van der Waals surface area contributed by atoms with Gasteiger partial charge in [-0.2, -0.15) is 0 Å². The Balaban J connectivity index is 3.62. The van der Waals surface area contributed by atoms with E-state index < -0.39 is 0 Å². The van der Waals surface area contributed by atoms with Crippen LogP contribution in [0.3, 0.4) is 0 Å². The molecule has 0 saturated heterocycles. The summed E-state index contributed by atoms with van der Waals surface area (Å²) in [4.78, 5) is 12.8. The smallest absolute Gasteiger partial charge is 0.219 e. The monoisotopic (exact) mass is 167 g/mol. The average Bonchev–Trinajstić information content (AvgIpc) is 2.04. The molecule has 0 saturated carbocycles. The van der Waals surface area contributed by atoms with E-state index in [0.29, 0.717) is 12.8 Å². The van der Waals surface area contributed by atoms with Crippen LogP contribution in [0.25, 0.3) is 0 Å². The molecule has 0 atom stereocenters. The number of hydrogen-bond acceptors (Lipinski definition) is 1. The number of rotatable bonds is 6. The highest BCUT2D eigenvalue weighted by molar-refractivity contribution is 5.73. The lowest BCUT2D eigenvalue weighted by Gasteiger charge is -2.20. The molecular weight excluding hydrogens is 150 g/mol. The fraction of sp³-hybridized carbons (Fsp3) is 0.700. The Labute approximate surface area is 75.9 Å². The number of hydrogen-bond donors (Lipinski definition) is 0. The van der Waals surface area contributed by atoms with E-state index >= 15 is 0 Å². The van der Waals surface area contributed by atoms with Crippen LogP contribution in [-0.4, -0.2) is 23.9 Å². The maximum atomic E-state index is 11.0. The second kappa shape index (κ2) is 7.14. The molecule has 2 heteroatoms. The molecule has 0 aromatic carbocycles. The van der Waals surface area contributed by atoms with Gasteiger partial charge in [0.05, 0.1) is 0 Å². The molecule has 0 aliphatic heterocycles. The first-order valence-electron chi connectivity index (χ1n) is 4.38. The predicted octanol–water partition coefficient (Wildman–Crippen LogP) is 1.82. The topological polar surface area (TPSA) is 20.3 Å². The minimum atomic E-state index is 0.108. The van der Waals surface area contributed by atoms with Crippen molar-refractivity contribution in [2.24, 2.45) is 0 Å². The van der Waals surface area contributed by atoms with Crippen LogP contribution in [0.1, 0.15) is 32.6 Å². The molecule has 0 aliphatic rings. The third kappa shape index (κ3) is 5.16. The average molecular weight is 167 g/mol. The second-order valence-electron chi connectivity index (χ2n) is 2.79. The number of unbranched alkanes of at least 4 members (excludes halogenated alkanes) is 2. The van der Waals surface area contributed by atoms with E-state index in [1.165, 1.54) is 0 Å². The molecule has 0 N–H and O–H groups in total. The molecule has 0 spiro atoms. The Hall–Kier alpha value is -0.530. The summed E-state index contributed by atoms with van der Waals surface area (Å²) in [6.07, 6.45) is 2.99. The van der Waals surface area contributed by atoms with Gasteiger partial charge in [-0.05, 0) is 39.5 Å². The first kappa shape index (κ1) is 11.5. The molecule has 0 fully saturated rings. The Morgan fingerprint density at radius 1 is 1.17 bits per heavy atom. The molecule has 0 heterocycles. The van der Waals surface area contributed by atoms with Crippen LogP contribution in [0.5, 0.6) is 0 Å². The van der Waals surface area contributed by atoms with E-state index in [0.717, 1.165) is 25.9 Å². The number of amides is 1. The molecule has 12 heavy (non-hydrogen) atoms. The first-order chi connectivity index (χ1) is 5.72. The van der Waals surface area contributed by atoms with Gasteiger partial charge in [0.25, 0.3) is 0 Å². The highest BCUT2D eigenvalue weighted by Gasteiger charge is 2.05. The minimum absolute atomic E-state index is 0.108. The lowest BCUT2D eigenvalue weighted by molar-refractivity contribution is -0.128. The zero-order valence-electron chi connectivity index (χ0n) is 7.75. The molecule has 0 unspecified atom stereocenters. The van der Waals surface area contributed by atoms with Crippen molar-refractivity contribution in [3.8, 4) is 0 Å². The van der Waals surface area contributed by atoms with Gasteiger partial charge in [-0.1, -0.05) is 0 Å². The van der Waals surface area contributed by atoms with Gasteiger partial charge < -0.3 is 4.90 Å². The van der Waals surface area contributed by atoms with Crippen LogP contribution in [0.4, 0.5) is 0 Å². The number of nitrogens with zero attached hydrogens (tertiary/aromatic N) is 1. The number of carbonyl (C=O) groups is 1. The molecular formula is C10H17NO. The summed E-state index contributed by atoms with van der Waals surface area (Å²) in [5.41, 5.74) is 0. The normalized spacial score (nSPS) is 9.92. The van der Waals surface area contributed by atoms with E-state index in [1.54, 1.807) is 11.8 Å². The summed E-state index contributed by atoms with van der Waals surface area (Å²) in [5, 5.41) is 0. The minimum Gasteiger partial charge on any atom is -0.343 e. The molecule has 0 bridgehead atoms. The predicted molar refractivity (Wildman–Crippen MR) is 49.3 cm³/mol. The van der Waals surface area contributed by atoms with Crippen LogP contribution in [-0.2, 0) is 4.79 Å². The van der Waals surface area contributed by atoms with Gasteiger partial charge in [0, 0.05) is 20.0 Å². The zero-order valence-corrected chi connectivity index (χ0v) is 7.75. The van der Waals surface area contributed by atoms with Gasteiger partial charge in [-0.15, -0.1) is 0 Å². The SMILES string of the molecule is [CH]CCCN(CCC[CH])C(C)=O. The van der Waals surface area contributed by atoms with Crippen molar-refractivity contribution < 1.29 is 4.79 Å². The van der Waals surface area contributed by atoms with Crippen molar-refractivity contribution >= 4 is 5.91 Å². The van der Waals surface area contributed by atoms with Gasteiger partial charge in [-0.3, -0.25) is 4.79 Å². The van der Waals surface area contributed by atoms with Crippen molar-refractivity contribution in [2.45, 2.75) is 32.6 Å². The van der Waals surface area contributed by atoms with Gasteiger partial charge >= 0.3 is 0 Å². The summed E-state index contributed by atoms with van der Waals surface area (Å²) < 4.78 is 0. The Bertz CT molecular complexity index is 115. The zero-order chi connectivity index (χ0) is 9.40. The molecule has 0 aromatic heterocycles. The van der Waals surface area contributed by atoms with Crippen molar-refractivity contribution in [1.82, 2.24) is 4.90 Å². The molecule has 0 aliphatic carbocycles. The van der Waals surface area contributed by atoms with Gasteiger partial charge in [0.1, 0.15) is 0 Å². The Morgan fingerprint density at radius 2 is 1.58 bits per heavy atom. The van der Waals surface area contributed by atoms with E-state index in [2.05, 4.69) is 0 Å². The highest BCUT2D eigenvalue weighted by Crippen LogP contribution is 1.98. The molecule has 0 rings (SSSR count). The van der Waals surface area contributed by atoms with Crippen LogP contribution in [0.15, 0.2) is 0 Å². The van der Waals surface area contributed by atoms with Gasteiger partial charge in [-0.25, -0.2) is 0 Å². The third-order valence-electron chi connectivity index (χ3n) is 1.71. The fourth-order valence-electron chi connectivity index (χ4n) is 0.991. The van der Waals surface area contributed by atoms with Crippen molar-refractivity contribution in [2.75, 3.05) is 13.1 Å². The summed E-state index contributed by atoms with van der Waals surface area (Å²) in [7, 11) is 0. The Morgan fingerprint density at radius 3 is 1.83 bits per heavy atom. The van der Waals surface area contributed by atoms with Crippen LogP contribution < -0.4 is 0 Å². The maximum Gasteiger partial charge on any atom is 0.219 e. The van der Waals surface area contributed by atoms with E-state index in [1.807, 2.05) is 0 Å². The summed E-state index contributed by atoms with van der Waals surface area (Å²) >= 11 is 0.